The Morgan fingerprint density at radius 3 is 2.56 bits per heavy atom. The molecule has 0 aliphatic carbocycles. The summed E-state index contributed by atoms with van der Waals surface area (Å²) in [5.41, 5.74) is 2.16. The number of hydrogen-bond acceptors (Lipinski definition) is 2. The molecule has 0 saturated heterocycles. The summed E-state index contributed by atoms with van der Waals surface area (Å²) in [5, 5.41) is 3.15. The summed E-state index contributed by atoms with van der Waals surface area (Å²) in [6.07, 6.45) is 3.51. The minimum atomic E-state index is -0.269. The maximum absolute atomic E-state index is 13.5. The predicted octanol–water partition coefficient (Wildman–Crippen LogP) is 3.75. The van der Waals surface area contributed by atoms with Crippen LogP contribution in [0.5, 0.6) is 0 Å². The SMILES string of the molecule is C=C(Nc1cncc(F)c1CC)C(C)(C)C. The lowest BCUT2D eigenvalue weighted by Gasteiger charge is -2.24. The first-order chi connectivity index (χ1) is 7.36. The highest BCUT2D eigenvalue weighted by Gasteiger charge is 2.16. The molecule has 0 aromatic carbocycles. The van der Waals surface area contributed by atoms with Gasteiger partial charge < -0.3 is 5.32 Å². The molecule has 3 heteroatoms. The molecule has 0 bridgehead atoms. The molecule has 0 fully saturated rings. The second-order valence-electron chi connectivity index (χ2n) is 4.85. The van der Waals surface area contributed by atoms with Crippen LogP contribution in [0.3, 0.4) is 0 Å². The van der Waals surface area contributed by atoms with Crippen LogP contribution in [0.2, 0.25) is 0 Å². The van der Waals surface area contributed by atoms with Crippen molar-refractivity contribution in [2.75, 3.05) is 5.32 Å². The van der Waals surface area contributed by atoms with Gasteiger partial charge in [0.15, 0.2) is 0 Å². The molecule has 0 amide bonds. The number of aromatic nitrogens is 1. The van der Waals surface area contributed by atoms with E-state index in [0.29, 0.717) is 17.7 Å². The molecule has 0 aliphatic rings. The van der Waals surface area contributed by atoms with Gasteiger partial charge in [-0.1, -0.05) is 34.3 Å². The molecule has 0 saturated carbocycles. The largest absolute Gasteiger partial charge is 0.357 e. The third-order valence-corrected chi connectivity index (χ3v) is 2.55. The second kappa shape index (κ2) is 4.64. The van der Waals surface area contributed by atoms with Gasteiger partial charge in [-0.05, 0) is 6.42 Å². The van der Waals surface area contributed by atoms with Gasteiger partial charge in [-0.3, -0.25) is 4.98 Å². The average Bonchev–Trinajstić information content (AvgIpc) is 2.16. The highest BCUT2D eigenvalue weighted by molar-refractivity contribution is 5.53. The van der Waals surface area contributed by atoms with E-state index in [1.165, 1.54) is 6.20 Å². The molecule has 0 spiro atoms. The van der Waals surface area contributed by atoms with E-state index < -0.39 is 0 Å². The van der Waals surface area contributed by atoms with Crippen LogP contribution in [0.4, 0.5) is 10.1 Å². The Kier molecular flexibility index (Phi) is 3.68. The summed E-state index contributed by atoms with van der Waals surface area (Å²) in [4.78, 5) is 3.85. The Bertz CT molecular complexity index is 391. The summed E-state index contributed by atoms with van der Waals surface area (Å²) in [5.74, 6) is -0.269. The monoisotopic (exact) mass is 222 g/mol. The van der Waals surface area contributed by atoms with Crippen LogP contribution in [0.25, 0.3) is 0 Å². The fourth-order valence-corrected chi connectivity index (χ4v) is 1.28. The first-order valence-electron chi connectivity index (χ1n) is 5.45. The molecular formula is C13H19FN2. The van der Waals surface area contributed by atoms with Gasteiger partial charge in [-0.25, -0.2) is 4.39 Å². The summed E-state index contributed by atoms with van der Waals surface area (Å²) >= 11 is 0. The predicted molar refractivity (Wildman–Crippen MR) is 65.8 cm³/mol. The van der Waals surface area contributed by atoms with Crippen molar-refractivity contribution in [3.8, 4) is 0 Å². The van der Waals surface area contributed by atoms with Crippen molar-refractivity contribution >= 4 is 5.69 Å². The van der Waals surface area contributed by atoms with E-state index in [9.17, 15) is 4.39 Å². The topological polar surface area (TPSA) is 24.9 Å². The number of pyridine rings is 1. The van der Waals surface area contributed by atoms with Crippen LogP contribution >= 0.6 is 0 Å². The standard InChI is InChI=1S/C13H19FN2/c1-6-10-11(14)7-15-8-12(10)16-9(2)13(3,4)5/h7-8,16H,2,6H2,1,3-5H3. The molecule has 0 atom stereocenters. The highest BCUT2D eigenvalue weighted by Crippen LogP contribution is 2.27. The van der Waals surface area contributed by atoms with Crippen molar-refractivity contribution in [2.24, 2.45) is 5.41 Å². The van der Waals surface area contributed by atoms with E-state index in [0.717, 1.165) is 5.70 Å². The number of allylic oxidation sites excluding steroid dienone is 1. The quantitative estimate of drug-likeness (QED) is 0.842. The van der Waals surface area contributed by atoms with Crippen molar-refractivity contribution in [3.63, 3.8) is 0 Å². The first-order valence-corrected chi connectivity index (χ1v) is 5.45. The van der Waals surface area contributed by atoms with Gasteiger partial charge in [0.05, 0.1) is 18.1 Å². The first kappa shape index (κ1) is 12.7. The summed E-state index contributed by atoms with van der Waals surface area (Å²) in [6, 6.07) is 0. The molecule has 16 heavy (non-hydrogen) atoms. The van der Waals surface area contributed by atoms with Crippen LogP contribution in [0.15, 0.2) is 24.7 Å². The van der Waals surface area contributed by atoms with Gasteiger partial charge in [-0.15, -0.1) is 0 Å². The van der Waals surface area contributed by atoms with Crippen molar-refractivity contribution in [1.29, 1.82) is 0 Å². The zero-order valence-corrected chi connectivity index (χ0v) is 10.4. The second-order valence-corrected chi connectivity index (χ2v) is 4.85. The highest BCUT2D eigenvalue weighted by atomic mass is 19.1. The number of anilines is 1. The van der Waals surface area contributed by atoms with Crippen molar-refractivity contribution in [1.82, 2.24) is 4.98 Å². The fraction of sp³-hybridized carbons (Fsp3) is 0.462. The van der Waals surface area contributed by atoms with Gasteiger partial charge in [0, 0.05) is 16.7 Å². The number of nitrogens with one attached hydrogen (secondary N) is 1. The van der Waals surface area contributed by atoms with Gasteiger partial charge in [0.1, 0.15) is 5.82 Å². The van der Waals surface area contributed by atoms with Crippen molar-refractivity contribution in [2.45, 2.75) is 34.1 Å². The zero-order valence-electron chi connectivity index (χ0n) is 10.4. The van der Waals surface area contributed by atoms with E-state index in [2.05, 4.69) is 37.7 Å². The molecule has 0 unspecified atom stereocenters. The number of rotatable bonds is 3. The molecule has 1 heterocycles. The molecule has 88 valence electrons. The Morgan fingerprint density at radius 2 is 2.06 bits per heavy atom. The van der Waals surface area contributed by atoms with Gasteiger partial charge in [0.2, 0.25) is 0 Å². The van der Waals surface area contributed by atoms with Gasteiger partial charge >= 0.3 is 0 Å². The molecule has 1 aromatic rings. The third-order valence-electron chi connectivity index (χ3n) is 2.55. The zero-order chi connectivity index (χ0) is 12.3. The van der Waals surface area contributed by atoms with Gasteiger partial charge in [-0.2, -0.15) is 0 Å². The minimum Gasteiger partial charge on any atom is -0.357 e. The van der Waals surface area contributed by atoms with Crippen LogP contribution in [-0.2, 0) is 6.42 Å². The molecule has 2 nitrogen and oxygen atoms in total. The third kappa shape index (κ3) is 2.81. The van der Waals surface area contributed by atoms with Crippen molar-refractivity contribution < 1.29 is 4.39 Å². The van der Waals surface area contributed by atoms with Gasteiger partial charge in [0.25, 0.3) is 0 Å². The molecular weight excluding hydrogens is 203 g/mol. The van der Waals surface area contributed by atoms with E-state index in [1.807, 2.05) is 6.92 Å². The van der Waals surface area contributed by atoms with Crippen LogP contribution in [0.1, 0.15) is 33.3 Å². The normalized spacial score (nSPS) is 11.3. The van der Waals surface area contributed by atoms with E-state index in [4.69, 9.17) is 0 Å². The lowest BCUT2D eigenvalue weighted by molar-refractivity contribution is 0.509. The maximum atomic E-state index is 13.5. The Balaban J connectivity index is 2.98. The Hall–Kier alpha value is -1.38. The summed E-state index contributed by atoms with van der Waals surface area (Å²) < 4.78 is 13.5. The summed E-state index contributed by atoms with van der Waals surface area (Å²) in [7, 11) is 0. The lowest BCUT2D eigenvalue weighted by Crippen LogP contribution is -2.16. The lowest BCUT2D eigenvalue weighted by atomic mass is 9.92. The van der Waals surface area contributed by atoms with E-state index in [-0.39, 0.29) is 11.2 Å². The Labute approximate surface area is 96.6 Å². The van der Waals surface area contributed by atoms with Crippen LogP contribution in [-0.4, -0.2) is 4.98 Å². The smallest absolute Gasteiger partial charge is 0.146 e. The fourth-order valence-electron chi connectivity index (χ4n) is 1.28. The number of hydrogen-bond donors (Lipinski definition) is 1. The van der Waals surface area contributed by atoms with Crippen LogP contribution in [0, 0.1) is 11.2 Å². The molecule has 1 aromatic heterocycles. The number of nitrogens with zero attached hydrogens (tertiary/aromatic N) is 1. The minimum absolute atomic E-state index is 0.0582. The van der Waals surface area contributed by atoms with Crippen molar-refractivity contribution in [3.05, 3.63) is 36.1 Å². The van der Waals surface area contributed by atoms with E-state index in [1.54, 1.807) is 6.20 Å². The Morgan fingerprint density at radius 1 is 1.44 bits per heavy atom. The summed E-state index contributed by atoms with van der Waals surface area (Å²) in [6.45, 7) is 12.1. The average molecular weight is 222 g/mol. The van der Waals surface area contributed by atoms with E-state index >= 15 is 0 Å². The van der Waals surface area contributed by atoms with Crippen LogP contribution < -0.4 is 5.32 Å². The molecule has 0 aliphatic heterocycles. The molecule has 1 rings (SSSR count). The molecule has 0 radical (unpaired) electrons. The molecule has 1 N–H and O–H groups in total. The number of halogens is 1. The maximum Gasteiger partial charge on any atom is 0.146 e.